The lowest BCUT2D eigenvalue weighted by Gasteiger charge is -2.48. The van der Waals surface area contributed by atoms with E-state index in [2.05, 4.69) is 9.88 Å². The van der Waals surface area contributed by atoms with Gasteiger partial charge >= 0.3 is 0 Å². The van der Waals surface area contributed by atoms with Crippen LogP contribution in [0, 0.1) is 28.8 Å². The third-order valence-corrected chi connectivity index (χ3v) is 6.81. The van der Waals surface area contributed by atoms with Crippen LogP contribution in [0.5, 0.6) is 0 Å². The Kier molecular flexibility index (Phi) is 6.36. The van der Waals surface area contributed by atoms with Crippen LogP contribution < -0.4 is 10.5 Å². The number of halogens is 3. The number of piperazine rings is 1. The number of aryl methyl sites for hydroxylation is 1. The fraction of sp³-hybridized carbons (Fsp3) is 0.400. The molecule has 0 radical (unpaired) electrons. The van der Waals surface area contributed by atoms with E-state index in [9.17, 15) is 23.2 Å². The summed E-state index contributed by atoms with van der Waals surface area (Å²) in [7, 11) is 1.66. The molecule has 4 rings (SSSR count). The molecule has 3 aromatic rings. The highest BCUT2D eigenvalue weighted by Crippen LogP contribution is 2.35. The quantitative estimate of drug-likeness (QED) is 0.571. The van der Waals surface area contributed by atoms with Crippen molar-refractivity contribution in [2.45, 2.75) is 45.3 Å². The van der Waals surface area contributed by atoms with Gasteiger partial charge in [0.1, 0.15) is 34.7 Å². The normalized spacial score (nSPS) is 19.9. The van der Waals surface area contributed by atoms with Gasteiger partial charge in [0.05, 0.1) is 11.2 Å². The van der Waals surface area contributed by atoms with E-state index in [1.807, 2.05) is 24.8 Å². The fourth-order valence-electron chi connectivity index (χ4n) is 4.95. The predicted molar refractivity (Wildman–Crippen MR) is 124 cm³/mol. The van der Waals surface area contributed by atoms with Crippen molar-refractivity contribution in [2.75, 3.05) is 18.0 Å². The minimum Gasteiger partial charge on any atom is -0.364 e. The lowest BCUT2D eigenvalue weighted by atomic mass is 9.97. The maximum Gasteiger partial charge on any atom is 0.252 e. The van der Waals surface area contributed by atoms with Crippen LogP contribution >= 0.6 is 0 Å². The summed E-state index contributed by atoms with van der Waals surface area (Å²) in [4.78, 5) is 21.3. The minimum atomic E-state index is -0.946. The molecule has 1 aromatic carbocycles. The second-order valence-electron chi connectivity index (χ2n) is 8.82. The van der Waals surface area contributed by atoms with Gasteiger partial charge in [-0.3, -0.25) is 9.69 Å². The van der Waals surface area contributed by atoms with Gasteiger partial charge in [0.25, 0.3) is 5.56 Å². The maximum absolute atomic E-state index is 14.5. The molecule has 6 nitrogen and oxygen atoms in total. The second-order valence-corrected chi connectivity index (χ2v) is 8.82. The Balaban J connectivity index is 1.74. The van der Waals surface area contributed by atoms with Crippen molar-refractivity contribution >= 4 is 16.7 Å². The molecule has 0 spiro atoms. The van der Waals surface area contributed by atoms with Crippen LogP contribution in [0.4, 0.5) is 18.9 Å². The first-order valence-corrected chi connectivity index (χ1v) is 11.2. The van der Waals surface area contributed by atoms with Gasteiger partial charge in [-0.25, -0.2) is 18.2 Å². The summed E-state index contributed by atoms with van der Waals surface area (Å²) >= 11 is 0. The first kappa shape index (κ1) is 23.8. The highest BCUT2D eigenvalue weighted by atomic mass is 19.1. The second kappa shape index (κ2) is 9.11. The molecule has 3 heterocycles. The number of anilines is 1. The van der Waals surface area contributed by atoms with Crippen LogP contribution in [-0.2, 0) is 7.05 Å². The van der Waals surface area contributed by atoms with Crippen LogP contribution in [0.1, 0.15) is 44.5 Å². The molecule has 0 bridgehead atoms. The summed E-state index contributed by atoms with van der Waals surface area (Å²) in [5.41, 5.74) is 1.71. The number of pyridine rings is 2. The molecule has 34 heavy (non-hydrogen) atoms. The molecule has 3 atom stereocenters. The van der Waals surface area contributed by atoms with Crippen molar-refractivity contribution in [3.63, 3.8) is 0 Å². The van der Waals surface area contributed by atoms with E-state index in [4.69, 9.17) is 0 Å². The first-order valence-electron chi connectivity index (χ1n) is 11.2. The minimum absolute atomic E-state index is 0.0895. The van der Waals surface area contributed by atoms with Gasteiger partial charge in [0.15, 0.2) is 0 Å². The van der Waals surface area contributed by atoms with Gasteiger partial charge in [-0.15, -0.1) is 0 Å². The Morgan fingerprint density at radius 3 is 2.47 bits per heavy atom. The summed E-state index contributed by atoms with van der Waals surface area (Å²) in [6.45, 7) is 6.64. The Labute approximate surface area is 195 Å². The number of fused-ring (bicyclic) bond motifs is 1. The van der Waals surface area contributed by atoms with Crippen molar-refractivity contribution in [1.29, 1.82) is 5.26 Å². The monoisotopic (exact) mass is 469 g/mol. The number of hydrogen-bond donors (Lipinski definition) is 0. The van der Waals surface area contributed by atoms with Crippen molar-refractivity contribution < 1.29 is 13.2 Å². The molecule has 178 valence electrons. The van der Waals surface area contributed by atoms with Crippen LogP contribution in [-0.4, -0.2) is 39.6 Å². The molecule has 0 aliphatic carbocycles. The highest BCUT2D eigenvalue weighted by Gasteiger charge is 2.36. The van der Waals surface area contributed by atoms with Gasteiger partial charge in [-0.05, 0) is 32.4 Å². The van der Waals surface area contributed by atoms with E-state index in [0.717, 1.165) is 0 Å². The van der Waals surface area contributed by atoms with Gasteiger partial charge in [-0.1, -0.05) is 6.92 Å². The van der Waals surface area contributed by atoms with Crippen LogP contribution in [0.3, 0.4) is 0 Å². The summed E-state index contributed by atoms with van der Waals surface area (Å²) in [6.07, 6.45) is 0.692. The number of rotatable bonds is 4. The zero-order valence-electron chi connectivity index (χ0n) is 19.5. The molecule has 9 heteroatoms. The number of nitrogens with zero attached hydrogens (tertiary/aromatic N) is 5. The van der Waals surface area contributed by atoms with E-state index in [1.165, 1.54) is 10.6 Å². The molecule has 2 aromatic heterocycles. The molecule has 1 fully saturated rings. The van der Waals surface area contributed by atoms with Crippen molar-refractivity contribution in [3.05, 3.63) is 69.4 Å². The summed E-state index contributed by atoms with van der Waals surface area (Å²) in [5.74, 6) is -2.75. The van der Waals surface area contributed by atoms with E-state index in [1.54, 1.807) is 26.1 Å². The van der Waals surface area contributed by atoms with Gasteiger partial charge < -0.3 is 9.47 Å². The number of aromatic nitrogens is 2. The largest absolute Gasteiger partial charge is 0.364 e. The van der Waals surface area contributed by atoms with Crippen LogP contribution in [0.15, 0.2) is 35.1 Å². The number of benzene rings is 1. The van der Waals surface area contributed by atoms with Crippen molar-refractivity contribution in [3.8, 4) is 6.07 Å². The fourth-order valence-corrected chi connectivity index (χ4v) is 4.95. The standard InChI is InChI=1S/C25H26F3N5O/c1-5-18-13-32(22-10-23(34)31(4)21-7-6-17(11-29)30-25(21)22)14(2)12-33(18)15(3)24-19(27)8-16(26)9-20(24)28/h6-10,14-15,18H,5,12-13H2,1-4H3/t14-,15?,18+/m0/s1. The Morgan fingerprint density at radius 1 is 1.18 bits per heavy atom. The molecule has 0 N–H and O–H groups in total. The predicted octanol–water partition coefficient (Wildman–Crippen LogP) is 4.27. The average Bonchev–Trinajstić information content (AvgIpc) is 2.80. The lowest BCUT2D eigenvalue weighted by Crippen LogP contribution is -2.58. The molecule has 0 saturated carbocycles. The zero-order valence-corrected chi connectivity index (χ0v) is 19.5. The maximum atomic E-state index is 14.5. The van der Waals surface area contributed by atoms with Crippen LogP contribution in [0.25, 0.3) is 11.0 Å². The highest BCUT2D eigenvalue weighted by molar-refractivity contribution is 5.89. The molecule has 0 amide bonds. The Morgan fingerprint density at radius 2 is 1.85 bits per heavy atom. The summed E-state index contributed by atoms with van der Waals surface area (Å²) in [5, 5.41) is 9.33. The van der Waals surface area contributed by atoms with Gasteiger partial charge in [0.2, 0.25) is 0 Å². The summed E-state index contributed by atoms with van der Waals surface area (Å²) < 4.78 is 44.0. The van der Waals surface area contributed by atoms with Crippen molar-refractivity contribution in [1.82, 2.24) is 14.5 Å². The topological polar surface area (TPSA) is 65.2 Å². The van der Waals surface area contributed by atoms with Gasteiger partial charge in [-0.2, -0.15) is 5.26 Å². The van der Waals surface area contributed by atoms with E-state index >= 15 is 0 Å². The zero-order chi connectivity index (χ0) is 24.7. The SMILES string of the molecule is CC[C@@H]1CN(c2cc(=O)n(C)c3ccc(C#N)nc23)[C@@H](C)CN1C(C)c1c(F)cc(F)cc1F. The first-order chi connectivity index (χ1) is 16.2. The number of nitriles is 1. The molecule has 1 aliphatic heterocycles. The van der Waals surface area contributed by atoms with Crippen LogP contribution in [0.2, 0.25) is 0 Å². The van der Waals surface area contributed by atoms with E-state index in [0.29, 0.717) is 48.4 Å². The molecule has 1 aliphatic rings. The molecular weight excluding hydrogens is 443 g/mol. The smallest absolute Gasteiger partial charge is 0.252 e. The Hall–Kier alpha value is -3.38. The third kappa shape index (κ3) is 4.03. The van der Waals surface area contributed by atoms with E-state index < -0.39 is 23.5 Å². The van der Waals surface area contributed by atoms with Gasteiger partial charge in [0, 0.05) is 62.0 Å². The third-order valence-electron chi connectivity index (χ3n) is 6.81. The van der Waals surface area contributed by atoms with Crippen molar-refractivity contribution in [2.24, 2.45) is 7.05 Å². The molecule has 1 unspecified atom stereocenters. The van der Waals surface area contributed by atoms with E-state index in [-0.39, 0.29) is 28.9 Å². The molecule has 1 saturated heterocycles. The number of hydrogen-bond acceptors (Lipinski definition) is 5. The molecular formula is C25H26F3N5O. The Bertz CT molecular complexity index is 1330. The lowest BCUT2D eigenvalue weighted by molar-refractivity contribution is 0.102. The average molecular weight is 470 g/mol. The summed E-state index contributed by atoms with van der Waals surface area (Å²) in [6, 6.07) is 7.45.